The van der Waals surface area contributed by atoms with Crippen LogP contribution in [0.2, 0.25) is 0 Å². The number of nitriles is 1. The summed E-state index contributed by atoms with van der Waals surface area (Å²) in [5.74, 6) is 2.30. The molecule has 1 aromatic rings. The molecule has 1 aromatic carbocycles. The average molecular weight is 333 g/mol. The Morgan fingerprint density at radius 2 is 2.00 bits per heavy atom. The van der Waals surface area contributed by atoms with Crippen LogP contribution in [-0.4, -0.2) is 63.0 Å². The van der Waals surface area contributed by atoms with E-state index in [0.717, 1.165) is 35.7 Å². The molecule has 0 bridgehead atoms. The van der Waals surface area contributed by atoms with E-state index in [1.165, 1.54) is 5.56 Å². The number of benzene rings is 1. The molecule has 5 nitrogen and oxygen atoms in total. The van der Waals surface area contributed by atoms with Crippen LogP contribution in [0.1, 0.15) is 11.1 Å². The van der Waals surface area contributed by atoms with Crippen molar-refractivity contribution in [2.75, 3.05) is 47.2 Å². The Morgan fingerprint density at radius 3 is 2.61 bits per heavy atom. The number of methoxy groups -OCH3 is 2. The van der Waals surface area contributed by atoms with Crippen LogP contribution in [0.5, 0.6) is 11.5 Å². The Kier molecular flexibility index (Phi) is 6.31. The van der Waals surface area contributed by atoms with Crippen molar-refractivity contribution in [3.63, 3.8) is 0 Å². The first-order chi connectivity index (χ1) is 11.1. The quantitative estimate of drug-likeness (QED) is 0.766. The van der Waals surface area contributed by atoms with Gasteiger partial charge in [-0.05, 0) is 38.2 Å². The molecule has 1 heterocycles. The van der Waals surface area contributed by atoms with Crippen LogP contribution in [0.15, 0.2) is 17.1 Å². The number of fused-ring (bicyclic) bond motifs is 1. The van der Waals surface area contributed by atoms with Crippen molar-refractivity contribution in [2.45, 2.75) is 11.7 Å². The third kappa shape index (κ3) is 4.18. The first-order valence-corrected chi connectivity index (χ1v) is 8.61. The van der Waals surface area contributed by atoms with E-state index in [1.807, 2.05) is 26.2 Å². The van der Waals surface area contributed by atoms with E-state index >= 15 is 0 Å². The first-order valence-electron chi connectivity index (χ1n) is 7.56. The van der Waals surface area contributed by atoms with Crippen LogP contribution in [-0.2, 0) is 6.42 Å². The second-order valence-electron chi connectivity index (χ2n) is 5.56. The summed E-state index contributed by atoms with van der Waals surface area (Å²) in [6.45, 7) is 1.65. The Balaban J connectivity index is 2.28. The SMILES string of the molecule is COc1cc2c(cc1OC)C(C(C#N)SCCN(C)C)=NCC2. The van der Waals surface area contributed by atoms with Crippen molar-refractivity contribution in [1.29, 1.82) is 5.26 Å². The van der Waals surface area contributed by atoms with E-state index in [9.17, 15) is 5.26 Å². The smallest absolute Gasteiger partial charge is 0.161 e. The van der Waals surface area contributed by atoms with Gasteiger partial charge in [0.25, 0.3) is 0 Å². The van der Waals surface area contributed by atoms with E-state index in [0.29, 0.717) is 12.3 Å². The fourth-order valence-corrected chi connectivity index (χ4v) is 3.64. The molecule has 1 aliphatic rings. The maximum atomic E-state index is 9.58. The second-order valence-corrected chi connectivity index (χ2v) is 6.78. The van der Waals surface area contributed by atoms with Gasteiger partial charge in [-0.15, -0.1) is 11.8 Å². The van der Waals surface area contributed by atoms with Crippen molar-refractivity contribution in [2.24, 2.45) is 4.99 Å². The number of thioether (sulfide) groups is 1. The zero-order valence-electron chi connectivity index (χ0n) is 14.1. The molecule has 6 heteroatoms. The lowest BCUT2D eigenvalue weighted by molar-refractivity contribution is 0.354. The van der Waals surface area contributed by atoms with Gasteiger partial charge in [-0.2, -0.15) is 5.26 Å². The van der Waals surface area contributed by atoms with Gasteiger partial charge in [0.05, 0.1) is 26.0 Å². The van der Waals surface area contributed by atoms with Crippen LogP contribution in [0.3, 0.4) is 0 Å². The molecule has 0 saturated carbocycles. The number of aliphatic imine (C=N–C) groups is 1. The van der Waals surface area contributed by atoms with Crippen LogP contribution >= 0.6 is 11.8 Å². The molecule has 0 radical (unpaired) electrons. The van der Waals surface area contributed by atoms with E-state index in [2.05, 4.69) is 16.0 Å². The highest BCUT2D eigenvalue weighted by Crippen LogP contribution is 2.34. The molecular weight excluding hydrogens is 310 g/mol. The summed E-state index contributed by atoms with van der Waals surface area (Å²) in [5, 5.41) is 9.32. The molecule has 23 heavy (non-hydrogen) atoms. The van der Waals surface area contributed by atoms with Gasteiger partial charge in [-0.3, -0.25) is 4.99 Å². The second kappa shape index (κ2) is 8.23. The number of ether oxygens (including phenoxy) is 2. The Labute approximate surface area is 142 Å². The van der Waals surface area contributed by atoms with Gasteiger partial charge in [0.2, 0.25) is 0 Å². The topological polar surface area (TPSA) is 57.9 Å². The lowest BCUT2D eigenvalue weighted by atomic mass is 9.95. The zero-order valence-corrected chi connectivity index (χ0v) is 14.9. The summed E-state index contributed by atoms with van der Waals surface area (Å²) in [6.07, 6.45) is 0.861. The van der Waals surface area contributed by atoms with Crippen molar-refractivity contribution in [3.8, 4) is 17.6 Å². The monoisotopic (exact) mass is 333 g/mol. The van der Waals surface area contributed by atoms with Crippen LogP contribution < -0.4 is 9.47 Å². The fourth-order valence-electron chi connectivity index (χ4n) is 2.50. The van der Waals surface area contributed by atoms with Gasteiger partial charge in [-0.1, -0.05) is 0 Å². The van der Waals surface area contributed by atoms with Crippen LogP contribution in [0.4, 0.5) is 0 Å². The van der Waals surface area contributed by atoms with Gasteiger partial charge in [0, 0.05) is 24.4 Å². The van der Waals surface area contributed by atoms with Crippen molar-refractivity contribution >= 4 is 17.5 Å². The van der Waals surface area contributed by atoms with E-state index in [-0.39, 0.29) is 5.25 Å². The molecule has 1 unspecified atom stereocenters. The minimum Gasteiger partial charge on any atom is -0.493 e. The van der Waals surface area contributed by atoms with Crippen molar-refractivity contribution in [1.82, 2.24) is 4.90 Å². The van der Waals surface area contributed by atoms with Gasteiger partial charge in [0.15, 0.2) is 11.5 Å². The molecule has 1 aliphatic heterocycles. The molecule has 0 spiro atoms. The van der Waals surface area contributed by atoms with E-state index < -0.39 is 0 Å². The maximum absolute atomic E-state index is 9.58. The molecule has 124 valence electrons. The fraction of sp³-hybridized carbons (Fsp3) is 0.529. The summed E-state index contributed by atoms with van der Waals surface area (Å²) in [5.41, 5.74) is 3.04. The third-order valence-electron chi connectivity index (χ3n) is 3.74. The molecule has 0 N–H and O–H groups in total. The molecule has 0 aliphatic carbocycles. The molecule has 1 atom stereocenters. The lowest BCUT2D eigenvalue weighted by Gasteiger charge is -2.22. The van der Waals surface area contributed by atoms with Crippen LogP contribution in [0.25, 0.3) is 0 Å². The summed E-state index contributed by atoms with van der Waals surface area (Å²) in [7, 11) is 7.33. The zero-order chi connectivity index (χ0) is 16.8. The highest BCUT2D eigenvalue weighted by Gasteiger charge is 2.25. The summed E-state index contributed by atoms with van der Waals surface area (Å²) in [4.78, 5) is 6.75. The Bertz CT molecular complexity index is 623. The number of nitrogens with zero attached hydrogens (tertiary/aromatic N) is 3. The first kappa shape index (κ1) is 17.6. The standard InChI is InChI=1S/C17H23N3O2S/c1-20(2)7-8-23-16(11-18)17-13-10-15(22-4)14(21-3)9-12(13)5-6-19-17/h9-10,16H,5-8H2,1-4H3. The van der Waals surface area contributed by atoms with E-state index in [1.54, 1.807) is 26.0 Å². The predicted octanol–water partition coefficient (Wildman–Crippen LogP) is 2.24. The highest BCUT2D eigenvalue weighted by atomic mass is 32.2. The van der Waals surface area contributed by atoms with Crippen molar-refractivity contribution < 1.29 is 9.47 Å². The maximum Gasteiger partial charge on any atom is 0.161 e. The van der Waals surface area contributed by atoms with Crippen LogP contribution in [0, 0.1) is 11.3 Å². The molecule has 0 fully saturated rings. The molecule has 0 saturated heterocycles. The molecule has 0 amide bonds. The molecule has 0 aromatic heterocycles. The summed E-state index contributed by atoms with van der Waals surface area (Å²) >= 11 is 1.64. The number of rotatable bonds is 7. The van der Waals surface area contributed by atoms with Crippen molar-refractivity contribution in [3.05, 3.63) is 23.3 Å². The van der Waals surface area contributed by atoms with E-state index in [4.69, 9.17) is 9.47 Å². The third-order valence-corrected chi connectivity index (χ3v) is 4.82. The Hall–Kier alpha value is -1.71. The molecular formula is C17H23N3O2S. The average Bonchev–Trinajstić information content (AvgIpc) is 2.56. The van der Waals surface area contributed by atoms with Gasteiger partial charge < -0.3 is 14.4 Å². The predicted molar refractivity (Wildman–Crippen MR) is 95.1 cm³/mol. The van der Waals surface area contributed by atoms with Gasteiger partial charge >= 0.3 is 0 Å². The Morgan fingerprint density at radius 1 is 1.30 bits per heavy atom. The number of hydrogen-bond acceptors (Lipinski definition) is 6. The minimum atomic E-state index is -0.257. The normalized spacial score (nSPS) is 14.7. The summed E-state index contributed by atoms with van der Waals surface area (Å²) < 4.78 is 10.8. The highest BCUT2D eigenvalue weighted by molar-refractivity contribution is 8.00. The largest absolute Gasteiger partial charge is 0.493 e. The summed E-state index contributed by atoms with van der Waals surface area (Å²) in [6, 6.07) is 6.34. The van der Waals surface area contributed by atoms with Gasteiger partial charge in [-0.25, -0.2) is 0 Å². The minimum absolute atomic E-state index is 0.257. The lowest BCUT2D eigenvalue weighted by Crippen LogP contribution is -2.25. The van der Waals surface area contributed by atoms with Gasteiger partial charge in [0.1, 0.15) is 5.25 Å². The number of hydrogen-bond donors (Lipinski definition) is 0. The molecule has 2 rings (SSSR count).